The number of methoxy groups -OCH3 is 1. The number of hydrogen-bond donors (Lipinski definition) is 2. The summed E-state index contributed by atoms with van der Waals surface area (Å²) in [6, 6.07) is 5.98. The fraction of sp³-hybridized carbons (Fsp3) is 0.438. The van der Waals surface area contributed by atoms with Crippen LogP contribution in [0.25, 0.3) is 11.3 Å². The fourth-order valence-electron chi connectivity index (χ4n) is 3.71. The number of hydrogen-bond acceptors (Lipinski definition) is 3. The van der Waals surface area contributed by atoms with Crippen LogP contribution in [0.2, 0.25) is 0 Å². The van der Waals surface area contributed by atoms with Gasteiger partial charge < -0.3 is 15.0 Å². The molecular weight excluding hydrogens is 269 g/mol. The van der Waals surface area contributed by atoms with E-state index in [4.69, 9.17) is 4.74 Å². The third-order valence-corrected chi connectivity index (χ3v) is 4.71. The van der Waals surface area contributed by atoms with Gasteiger partial charge in [-0.15, -0.1) is 0 Å². The van der Waals surface area contributed by atoms with Crippen LogP contribution in [0.1, 0.15) is 31.0 Å². The van der Waals surface area contributed by atoms with Gasteiger partial charge in [-0.05, 0) is 31.4 Å². The number of aromatic amines is 1. The third-order valence-electron chi connectivity index (χ3n) is 4.71. The van der Waals surface area contributed by atoms with E-state index in [0.717, 1.165) is 12.2 Å². The fourth-order valence-corrected chi connectivity index (χ4v) is 3.71. The van der Waals surface area contributed by atoms with E-state index in [0.29, 0.717) is 35.0 Å². The Labute approximate surface area is 122 Å². The number of H-pyrrole nitrogens is 1. The SMILES string of the molecule is COc1cccc(F)c1-c1cnc(C2CC3CCC2N3)[nH]1. The summed E-state index contributed by atoms with van der Waals surface area (Å²) in [5.41, 5.74) is 1.14. The molecule has 3 atom stereocenters. The molecule has 4 rings (SSSR count). The highest BCUT2D eigenvalue weighted by Crippen LogP contribution is 2.40. The van der Waals surface area contributed by atoms with Gasteiger partial charge in [0, 0.05) is 18.0 Å². The second-order valence-corrected chi connectivity index (χ2v) is 5.89. The molecule has 0 radical (unpaired) electrons. The zero-order valence-corrected chi connectivity index (χ0v) is 11.9. The lowest BCUT2D eigenvalue weighted by atomic mass is 9.89. The summed E-state index contributed by atoms with van der Waals surface area (Å²) in [6.45, 7) is 0. The van der Waals surface area contributed by atoms with Gasteiger partial charge in [0.15, 0.2) is 0 Å². The van der Waals surface area contributed by atoms with Crippen molar-refractivity contribution in [2.75, 3.05) is 7.11 Å². The predicted molar refractivity (Wildman–Crippen MR) is 77.8 cm³/mol. The van der Waals surface area contributed by atoms with E-state index in [9.17, 15) is 4.39 Å². The lowest BCUT2D eigenvalue weighted by Crippen LogP contribution is -2.22. The molecule has 2 N–H and O–H groups in total. The number of imidazole rings is 1. The van der Waals surface area contributed by atoms with Gasteiger partial charge in [-0.2, -0.15) is 0 Å². The number of rotatable bonds is 3. The molecule has 2 aliphatic heterocycles. The Morgan fingerprint density at radius 3 is 2.95 bits per heavy atom. The number of nitrogens with zero attached hydrogens (tertiary/aromatic N) is 1. The van der Waals surface area contributed by atoms with E-state index < -0.39 is 0 Å². The van der Waals surface area contributed by atoms with Gasteiger partial charge in [-0.25, -0.2) is 9.37 Å². The highest BCUT2D eigenvalue weighted by Gasteiger charge is 2.41. The maximum atomic E-state index is 14.1. The Morgan fingerprint density at radius 2 is 2.24 bits per heavy atom. The minimum absolute atomic E-state index is 0.296. The van der Waals surface area contributed by atoms with Crippen LogP contribution in [-0.2, 0) is 0 Å². The van der Waals surface area contributed by atoms with Crippen LogP contribution in [0.3, 0.4) is 0 Å². The van der Waals surface area contributed by atoms with E-state index in [1.54, 1.807) is 25.4 Å². The van der Waals surface area contributed by atoms with Gasteiger partial charge in [0.05, 0.1) is 24.6 Å². The molecular formula is C16H18FN3O. The van der Waals surface area contributed by atoms with Gasteiger partial charge >= 0.3 is 0 Å². The van der Waals surface area contributed by atoms with Gasteiger partial charge in [0.1, 0.15) is 17.4 Å². The zero-order chi connectivity index (χ0) is 14.4. The Balaban J connectivity index is 1.69. The first kappa shape index (κ1) is 12.8. The van der Waals surface area contributed by atoms with Gasteiger partial charge in [-0.1, -0.05) is 6.07 Å². The van der Waals surface area contributed by atoms with E-state index in [2.05, 4.69) is 15.3 Å². The Kier molecular flexibility index (Phi) is 2.96. The molecule has 2 saturated heterocycles. The average molecular weight is 287 g/mol. The molecule has 1 aromatic heterocycles. The average Bonchev–Trinajstić information content (AvgIpc) is 3.22. The molecule has 3 heterocycles. The molecule has 0 amide bonds. The first-order valence-electron chi connectivity index (χ1n) is 7.40. The molecule has 3 unspecified atom stereocenters. The van der Waals surface area contributed by atoms with Crippen LogP contribution < -0.4 is 10.1 Å². The Morgan fingerprint density at radius 1 is 1.33 bits per heavy atom. The van der Waals surface area contributed by atoms with Crippen molar-refractivity contribution in [2.24, 2.45) is 0 Å². The normalized spacial score (nSPS) is 27.2. The molecule has 2 aromatic rings. The van der Waals surface area contributed by atoms with E-state index >= 15 is 0 Å². The molecule has 2 fully saturated rings. The lowest BCUT2D eigenvalue weighted by molar-refractivity contribution is 0.413. The van der Waals surface area contributed by atoms with Crippen LogP contribution in [-0.4, -0.2) is 29.2 Å². The van der Waals surface area contributed by atoms with Gasteiger partial charge in [0.2, 0.25) is 0 Å². The number of halogens is 1. The summed E-state index contributed by atoms with van der Waals surface area (Å²) in [7, 11) is 1.55. The van der Waals surface area contributed by atoms with Crippen LogP contribution in [0.15, 0.2) is 24.4 Å². The Hall–Kier alpha value is -1.88. The van der Waals surface area contributed by atoms with Crippen LogP contribution in [0, 0.1) is 5.82 Å². The molecule has 1 aromatic carbocycles. The molecule has 4 nitrogen and oxygen atoms in total. The molecule has 0 spiro atoms. The Bertz CT molecular complexity index is 669. The van der Waals surface area contributed by atoms with Crippen LogP contribution in [0.5, 0.6) is 5.75 Å². The summed E-state index contributed by atoms with van der Waals surface area (Å²) in [4.78, 5) is 7.79. The monoisotopic (exact) mass is 287 g/mol. The lowest BCUT2D eigenvalue weighted by Gasteiger charge is -2.17. The van der Waals surface area contributed by atoms with Crippen molar-refractivity contribution in [1.29, 1.82) is 0 Å². The predicted octanol–water partition coefficient (Wildman–Crippen LogP) is 2.83. The molecule has 5 heteroatoms. The quantitative estimate of drug-likeness (QED) is 0.912. The van der Waals surface area contributed by atoms with Crippen molar-refractivity contribution in [3.05, 3.63) is 36.0 Å². The largest absolute Gasteiger partial charge is 0.496 e. The second-order valence-electron chi connectivity index (χ2n) is 5.89. The number of ether oxygens (including phenoxy) is 1. The highest BCUT2D eigenvalue weighted by molar-refractivity contribution is 5.67. The molecule has 110 valence electrons. The van der Waals surface area contributed by atoms with Crippen molar-refractivity contribution in [2.45, 2.75) is 37.3 Å². The van der Waals surface area contributed by atoms with E-state index in [1.807, 2.05) is 0 Å². The van der Waals surface area contributed by atoms with Crippen molar-refractivity contribution < 1.29 is 9.13 Å². The topological polar surface area (TPSA) is 49.9 Å². The van der Waals surface area contributed by atoms with Crippen LogP contribution in [0.4, 0.5) is 4.39 Å². The van der Waals surface area contributed by atoms with Crippen molar-refractivity contribution in [3.63, 3.8) is 0 Å². The number of fused-ring (bicyclic) bond motifs is 2. The summed E-state index contributed by atoms with van der Waals surface area (Å²) in [5.74, 6) is 1.59. The molecule has 0 saturated carbocycles. The second kappa shape index (κ2) is 4.84. The number of aromatic nitrogens is 2. The first-order chi connectivity index (χ1) is 10.3. The third kappa shape index (κ3) is 2.03. The first-order valence-corrected chi connectivity index (χ1v) is 7.40. The van der Waals surface area contributed by atoms with Gasteiger partial charge in [0.25, 0.3) is 0 Å². The molecule has 2 bridgehead atoms. The molecule has 0 aliphatic carbocycles. The smallest absolute Gasteiger partial charge is 0.136 e. The minimum atomic E-state index is -0.296. The highest BCUT2D eigenvalue weighted by atomic mass is 19.1. The summed E-state index contributed by atoms with van der Waals surface area (Å²) in [5, 5.41) is 3.60. The maximum absolute atomic E-state index is 14.1. The van der Waals surface area contributed by atoms with Crippen molar-refractivity contribution >= 4 is 0 Å². The number of benzene rings is 1. The van der Waals surface area contributed by atoms with Crippen molar-refractivity contribution in [3.8, 4) is 17.0 Å². The molecule has 2 aliphatic rings. The zero-order valence-electron chi connectivity index (χ0n) is 11.9. The van der Waals surface area contributed by atoms with Crippen molar-refractivity contribution in [1.82, 2.24) is 15.3 Å². The minimum Gasteiger partial charge on any atom is -0.496 e. The summed E-state index contributed by atoms with van der Waals surface area (Å²) < 4.78 is 19.4. The number of nitrogens with one attached hydrogen (secondary N) is 2. The standard InChI is InChI=1S/C16H18FN3O/c1-21-14-4-2-3-11(17)15(14)13-8-18-16(20-13)10-7-9-5-6-12(10)19-9/h2-4,8-10,12,19H,5-7H2,1H3,(H,18,20). The van der Waals surface area contributed by atoms with Crippen LogP contribution >= 0.6 is 0 Å². The van der Waals surface area contributed by atoms with Gasteiger partial charge in [-0.3, -0.25) is 0 Å². The van der Waals surface area contributed by atoms with E-state index in [1.165, 1.54) is 18.9 Å². The van der Waals surface area contributed by atoms with E-state index in [-0.39, 0.29) is 5.82 Å². The maximum Gasteiger partial charge on any atom is 0.136 e. The molecule has 21 heavy (non-hydrogen) atoms. The summed E-state index contributed by atoms with van der Waals surface area (Å²) in [6.07, 6.45) is 5.29. The summed E-state index contributed by atoms with van der Waals surface area (Å²) >= 11 is 0.